The first kappa shape index (κ1) is 23.0. The quantitative estimate of drug-likeness (QED) is 0.260. The molecule has 3 unspecified atom stereocenters. The number of fused-ring (bicyclic) bond motifs is 5. The normalized spacial score (nSPS) is 23.5. The molecule has 0 N–H and O–H groups in total. The monoisotopic (exact) mass is 486 g/mol. The van der Waals surface area contributed by atoms with Gasteiger partial charge in [0.15, 0.2) is 5.78 Å². The summed E-state index contributed by atoms with van der Waals surface area (Å²) in [5.41, 5.74) is 9.21. The molecule has 35 heavy (non-hydrogen) atoms. The van der Waals surface area contributed by atoms with Crippen LogP contribution in [0, 0.1) is 37.0 Å². The lowest BCUT2D eigenvalue weighted by Gasteiger charge is -2.60. The molecule has 3 fully saturated rings. The third-order valence-corrected chi connectivity index (χ3v) is 9.93. The van der Waals surface area contributed by atoms with Gasteiger partial charge in [0.1, 0.15) is 5.69 Å². The van der Waals surface area contributed by atoms with Crippen molar-refractivity contribution in [2.24, 2.45) is 23.2 Å². The smallest absolute Gasteiger partial charge is 0.183 e. The van der Waals surface area contributed by atoms with Crippen LogP contribution in [-0.2, 0) is 13.0 Å². The molecule has 3 saturated carbocycles. The minimum Gasteiger partial charge on any atom is -0.292 e. The molecule has 3 atom stereocenters. The second-order valence-electron chi connectivity index (χ2n) is 11.9. The molecule has 1 aromatic heterocycles. The average molecular weight is 487 g/mol. The van der Waals surface area contributed by atoms with Gasteiger partial charge < -0.3 is 0 Å². The summed E-state index contributed by atoms with van der Waals surface area (Å²) in [6.07, 6.45) is 6.32. The van der Waals surface area contributed by atoms with Crippen LogP contribution < -0.4 is 0 Å². The highest BCUT2D eigenvalue weighted by Gasteiger charge is 2.53. The number of halogens is 1. The molecule has 1 heterocycles. The summed E-state index contributed by atoms with van der Waals surface area (Å²) in [6, 6.07) is 12.8. The van der Waals surface area contributed by atoms with Crippen molar-refractivity contribution in [3.8, 4) is 11.3 Å². The fourth-order valence-electron chi connectivity index (χ4n) is 7.20. The maximum atomic E-state index is 13.6. The Hall–Kier alpha value is -2.39. The Morgan fingerprint density at radius 1 is 1.14 bits per heavy atom. The zero-order valence-electron chi connectivity index (χ0n) is 21.3. The molecule has 2 bridgehead atoms. The standard InChI is InChI=1S/C31H35ClN2O/c1-18-5-7-20(8-6-18)17-34-30-24-13-19(2)27(32)15-22(24)14-25(30)29(33-34)28(35)12-10-21-9-11-23-16-26(21)31(23,3)4/h5-8,13,15,21,23,26H,9-12,14,16-17H2,1-4H3. The van der Waals surface area contributed by atoms with Crippen molar-refractivity contribution in [2.45, 2.75) is 72.8 Å². The Morgan fingerprint density at radius 3 is 2.63 bits per heavy atom. The topological polar surface area (TPSA) is 34.9 Å². The van der Waals surface area contributed by atoms with Gasteiger partial charge in [-0.05, 0) is 91.5 Å². The number of hydrogen-bond donors (Lipinski definition) is 0. The van der Waals surface area contributed by atoms with Crippen LogP contribution in [0.15, 0.2) is 36.4 Å². The fourth-order valence-corrected chi connectivity index (χ4v) is 7.38. The molecule has 7 rings (SSSR count). The van der Waals surface area contributed by atoms with E-state index in [0.717, 1.165) is 46.5 Å². The van der Waals surface area contributed by atoms with Gasteiger partial charge in [0.05, 0.1) is 12.2 Å². The first-order chi connectivity index (χ1) is 16.7. The molecule has 0 saturated heterocycles. The van der Waals surface area contributed by atoms with Gasteiger partial charge in [-0.2, -0.15) is 5.10 Å². The molecule has 4 heteroatoms. The predicted molar refractivity (Wildman–Crippen MR) is 142 cm³/mol. The molecule has 0 amide bonds. The van der Waals surface area contributed by atoms with E-state index in [1.54, 1.807) is 0 Å². The van der Waals surface area contributed by atoms with Crippen molar-refractivity contribution in [1.29, 1.82) is 0 Å². The molecule has 3 aromatic rings. The molecule has 4 aliphatic carbocycles. The van der Waals surface area contributed by atoms with E-state index in [4.69, 9.17) is 16.7 Å². The molecule has 182 valence electrons. The van der Waals surface area contributed by atoms with E-state index >= 15 is 0 Å². The zero-order valence-corrected chi connectivity index (χ0v) is 22.1. The van der Waals surface area contributed by atoms with Crippen molar-refractivity contribution in [2.75, 3.05) is 0 Å². The third-order valence-electron chi connectivity index (χ3n) is 9.52. The third kappa shape index (κ3) is 3.78. The first-order valence-corrected chi connectivity index (χ1v) is 13.6. The zero-order chi connectivity index (χ0) is 24.5. The largest absolute Gasteiger partial charge is 0.292 e. The van der Waals surface area contributed by atoms with E-state index in [0.29, 0.717) is 30.0 Å². The van der Waals surface area contributed by atoms with Gasteiger partial charge in [-0.1, -0.05) is 55.3 Å². The molecule has 2 aromatic carbocycles. The number of ketones is 1. The summed E-state index contributed by atoms with van der Waals surface area (Å²) in [4.78, 5) is 13.6. The number of rotatable bonds is 6. The molecule has 0 spiro atoms. The summed E-state index contributed by atoms with van der Waals surface area (Å²) in [5.74, 6) is 2.57. The van der Waals surface area contributed by atoms with E-state index in [1.165, 1.54) is 41.5 Å². The Bertz CT molecular complexity index is 1310. The van der Waals surface area contributed by atoms with Crippen molar-refractivity contribution >= 4 is 17.4 Å². The Kier molecular flexibility index (Phi) is 5.49. The van der Waals surface area contributed by atoms with Gasteiger partial charge in [-0.3, -0.25) is 9.48 Å². The highest BCUT2D eigenvalue weighted by Crippen LogP contribution is 2.62. The molecule has 4 aliphatic rings. The van der Waals surface area contributed by atoms with Crippen molar-refractivity contribution in [1.82, 2.24) is 9.78 Å². The van der Waals surface area contributed by atoms with Crippen LogP contribution in [0.5, 0.6) is 0 Å². The van der Waals surface area contributed by atoms with Crippen molar-refractivity contribution < 1.29 is 4.79 Å². The van der Waals surface area contributed by atoms with E-state index in [1.807, 2.05) is 6.92 Å². The summed E-state index contributed by atoms with van der Waals surface area (Å²) in [6.45, 7) is 9.68. The minimum atomic E-state index is 0.207. The van der Waals surface area contributed by atoms with Crippen molar-refractivity contribution in [3.05, 3.63) is 74.9 Å². The number of nitrogens with zero attached hydrogens (tertiary/aromatic N) is 2. The van der Waals surface area contributed by atoms with Crippen molar-refractivity contribution in [3.63, 3.8) is 0 Å². The molecule has 0 radical (unpaired) electrons. The summed E-state index contributed by atoms with van der Waals surface area (Å²) < 4.78 is 2.06. The van der Waals surface area contributed by atoms with Gasteiger partial charge in [0.25, 0.3) is 0 Å². The lowest BCUT2D eigenvalue weighted by atomic mass is 9.45. The number of benzene rings is 2. The van der Waals surface area contributed by atoms with Crippen LogP contribution in [0.1, 0.15) is 84.3 Å². The first-order valence-electron chi connectivity index (χ1n) is 13.2. The van der Waals surface area contributed by atoms with Crippen LogP contribution in [0.25, 0.3) is 11.3 Å². The van der Waals surface area contributed by atoms with Crippen LogP contribution in [0.4, 0.5) is 0 Å². The molecular formula is C31H35ClN2O. The molecule has 3 nitrogen and oxygen atoms in total. The fraction of sp³-hybridized carbons (Fsp3) is 0.484. The summed E-state index contributed by atoms with van der Waals surface area (Å²) in [7, 11) is 0. The van der Waals surface area contributed by atoms with E-state index < -0.39 is 0 Å². The summed E-state index contributed by atoms with van der Waals surface area (Å²) >= 11 is 6.48. The number of hydrogen-bond acceptors (Lipinski definition) is 2. The highest BCUT2D eigenvalue weighted by molar-refractivity contribution is 6.31. The second-order valence-corrected chi connectivity index (χ2v) is 12.3. The lowest BCUT2D eigenvalue weighted by Crippen LogP contribution is -2.52. The van der Waals surface area contributed by atoms with E-state index in [9.17, 15) is 4.79 Å². The van der Waals surface area contributed by atoms with Gasteiger partial charge in [-0.25, -0.2) is 0 Å². The Morgan fingerprint density at radius 2 is 1.91 bits per heavy atom. The number of carbonyl (C=O) groups excluding carboxylic acids is 1. The number of aromatic nitrogens is 2. The van der Waals surface area contributed by atoms with E-state index in [-0.39, 0.29) is 5.78 Å². The SMILES string of the molecule is Cc1ccc(Cn2nc(C(=O)CCC3CCC4CC3C4(C)C)c3c2-c2cc(C)c(Cl)cc2C3)cc1. The minimum absolute atomic E-state index is 0.207. The van der Waals surface area contributed by atoms with Gasteiger partial charge >= 0.3 is 0 Å². The average Bonchev–Trinajstić information content (AvgIpc) is 3.36. The molecule has 0 aliphatic heterocycles. The van der Waals surface area contributed by atoms with Crippen LogP contribution in [-0.4, -0.2) is 15.6 Å². The highest BCUT2D eigenvalue weighted by atomic mass is 35.5. The number of carbonyl (C=O) groups is 1. The number of aryl methyl sites for hydroxylation is 2. The Labute approximate surface area is 213 Å². The number of Topliss-reactive ketones (excluding diaryl/α,β-unsaturated/α-hetero) is 1. The van der Waals surface area contributed by atoms with Gasteiger partial charge in [0.2, 0.25) is 0 Å². The summed E-state index contributed by atoms with van der Waals surface area (Å²) in [5, 5.41) is 5.75. The maximum absolute atomic E-state index is 13.6. The van der Waals surface area contributed by atoms with Gasteiger partial charge in [-0.15, -0.1) is 0 Å². The van der Waals surface area contributed by atoms with Crippen LogP contribution >= 0.6 is 11.6 Å². The van der Waals surface area contributed by atoms with Crippen LogP contribution in [0.2, 0.25) is 5.02 Å². The van der Waals surface area contributed by atoms with E-state index in [2.05, 4.69) is 61.9 Å². The molecular weight excluding hydrogens is 452 g/mol. The van der Waals surface area contributed by atoms with Gasteiger partial charge in [0, 0.05) is 29.0 Å². The Balaban J connectivity index is 1.30. The predicted octanol–water partition coefficient (Wildman–Crippen LogP) is 7.81. The maximum Gasteiger partial charge on any atom is 0.183 e. The van der Waals surface area contributed by atoms with Crippen LogP contribution in [0.3, 0.4) is 0 Å². The second kappa shape index (κ2) is 8.34. The lowest BCUT2D eigenvalue weighted by molar-refractivity contribution is -0.106.